The molecule has 1 unspecified atom stereocenters. The highest BCUT2D eigenvalue weighted by molar-refractivity contribution is 5.77. The molecule has 1 aromatic carbocycles. The van der Waals surface area contributed by atoms with Crippen LogP contribution in [0.5, 0.6) is 11.6 Å². The van der Waals surface area contributed by atoms with Gasteiger partial charge in [-0.1, -0.05) is 6.58 Å². The van der Waals surface area contributed by atoms with Gasteiger partial charge in [-0.05, 0) is 39.0 Å². The molecule has 1 aliphatic rings. The Morgan fingerprint density at radius 3 is 2.43 bits per heavy atom. The van der Waals surface area contributed by atoms with Crippen LogP contribution in [0.4, 0.5) is 26.7 Å². The number of rotatable bonds is 7. The smallest absolute Gasteiger partial charge is 0.471 e. The van der Waals surface area contributed by atoms with Crippen LogP contribution in [-0.4, -0.2) is 70.1 Å². The van der Waals surface area contributed by atoms with Crippen LogP contribution in [-0.2, 0) is 15.4 Å². The lowest BCUT2D eigenvalue weighted by molar-refractivity contribution is -0.274. The number of allylic oxidation sites excluding steroid dienone is 1. The fourth-order valence-corrected chi connectivity index (χ4v) is 3.64. The van der Waals surface area contributed by atoms with Crippen molar-refractivity contribution in [1.82, 2.24) is 14.9 Å². The first-order valence-corrected chi connectivity index (χ1v) is 11.0. The number of carbonyl (C=O) groups is 1. The first kappa shape index (κ1) is 28.3. The van der Waals surface area contributed by atoms with E-state index in [1.54, 1.807) is 20.8 Å². The van der Waals surface area contributed by atoms with E-state index in [1.165, 1.54) is 7.11 Å². The van der Waals surface area contributed by atoms with E-state index < -0.39 is 59.7 Å². The highest BCUT2D eigenvalue weighted by Gasteiger charge is 2.44. The Bertz CT molecular complexity index is 1150. The van der Waals surface area contributed by atoms with E-state index in [-0.39, 0.29) is 30.1 Å². The van der Waals surface area contributed by atoms with Gasteiger partial charge in [0.15, 0.2) is 12.0 Å². The Hall–Kier alpha value is -3.26. The van der Waals surface area contributed by atoms with Crippen molar-refractivity contribution in [2.45, 2.75) is 63.5 Å². The summed E-state index contributed by atoms with van der Waals surface area (Å²) in [5, 5.41) is 10.2. The molecule has 2 heterocycles. The number of alkyl halides is 5. The number of methoxy groups -OCH3 is 1. The van der Waals surface area contributed by atoms with E-state index in [0.717, 1.165) is 23.1 Å². The number of amides is 1. The van der Waals surface area contributed by atoms with Crippen molar-refractivity contribution in [3.8, 4) is 11.6 Å². The number of halogens is 5. The normalized spacial score (nSPS) is 19.6. The third kappa shape index (κ3) is 6.95. The van der Waals surface area contributed by atoms with Crippen molar-refractivity contribution < 1.29 is 50.8 Å². The molecular formula is C23H26F5N3O6. The van der Waals surface area contributed by atoms with Gasteiger partial charge in [-0.2, -0.15) is 8.78 Å². The molecule has 1 fully saturated rings. The summed E-state index contributed by atoms with van der Waals surface area (Å²) in [4.78, 5) is 21.7. The molecule has 1 aromatic heterocycles. The number of carbonyl (C=O) groups excluding carboxylic acids is 1. The topological polar surface area (TPSA) is 103 Å². The number of hydrogen-bond acceptors (Lipinski definition) is 8. The number of fused-ring (bicyclic) bond motifs is 1. The number of aliphatic hydroxyl groups is 1. The predicted octanol–water partition coefficient (Wildman–Crippen LogP) is 4.53. The Kier molecular flexibility index (Phi) is 7.84. The van der Waals surface area contributed by atoms with Gasteiger partial charge in [-0.3, -0.25) is 4.90 Å². The fourth-order valence-electron chi connectivity index (χ4n) is 3.64. The van der Waals surface area contributed by atoms with Crippen LogP contribution in [0, 0.1) is 0 Å². The summed E-state index contributed by atoms with van der Waals surface area (Å²) < 4.78 is 87.0. The molecule has 204 valence electrons. The van der Waals surface area contributed by atoms with Gasteiger partial charge in [-0.15, -0.1) is 13.2 Å². The average molecular weight is 535 g/mol. The van der Waals surface area contributed by atoms with E-state index in [0.29, 0.717) is 0 Å². The molecule has 1 saturated heterocycles. The maximum Gasteiger partial charge on any atom is 0.573 e. The van der Waals surface area contributed by atoms with E-state index in [2.05, 4.69) is 21.3 Å². The van der Waals surface area contributed by atoms with Gasteiger partial charge >= 0.3 is 18.4 Å². The zero-order chi connectivity index (χ0) is 27.8. The molecule has 9 nitrogen and oxygen atoms in total. The summed E-state index contributed by atoms with van der Waals surface area (Å²) in [6.45, 7) is 7.86. The maximum atomic E-state index is 14.7. The molecule has 1 N–H and O–H groups in total. The summed E-state index contributed by atoms with van der Waals surface area (Å²) >= 11 is 0. The minimum Gasteiger partial charge on any atom is -0.471 e. The fraction of sp³-hybridized carbons (Fsp3) is 0.522. The monoisotopic (exact) mass is 535 g/mol. The highest BCUT2D eigenvalue weighted by atomic mass is 19.4. The molecule has 0 saturated carbocycles. The van der Waals surface area contributed by atoms with Crippen LogP contribution in [0.1, 0.15) is 32.9 Å². The molecule has 0 spiro atoms. The molecular weight excluding hydrogens is 509 g/mol. The molecule has 3 atom stereocenters. The third-order valence-corrected chi connectivity index (χ3v) is 5.19. The standard InChI is InChI=1S/C23H26F5N3O6/c1-6-22(24,25)17-18(30-14-8-7-12(9-15(14)29-17)36-23(26,27)28)35-13-10-16(19(32)34-5)31(11-13)20(33)37-21(2,3)4/h6-9,13,16,19,32H,1,10-11H2,2-5H3/t13-,16+,19?/m1/s1. The van der Waals surface area contributed by atoms with E-state index in [4.69, 9.17) is 14.2 Å². The van der Waals surface area contributed by atoms with Crippen LogP contribution < -0.4 is 9.47 Å². The second kappa shape index (κ2) is 10.2. The van der Waals surface area contributed by atoms with Crippen LogP contribution in [0.15, 0.2) is 30.9 Å². The quantitative estimate of drug-likeness (QED) is 0.314. The third-order valence-electron chi connectivity index (χ3n) is 5.19. The van der Waals surface area contributed by atoms with Crippen LogP contribution in [0.3, 0.4) is 0 Å². The second-order valence-corrected chi connectivity index (χ2v) is 9.20. The lowest BCUT2D eigenvalue weighted by atomic mass is 10.2. The summed E-state index contributed by atoms with van der Waals surface area (Å²) in [6, 6.07) is 1.94. The predicted molar refractivity (Wildman–Crippen MR) is 119 cm³/mol. The van der Waals surface area contributed by atoms with E-state index >= 15 is 0 Å². The Morgan fingerprint density at radius 1 is 1.19 bits per heavy atom. The second-order valence-electron chi connectivity index (χ2n) is 9.20. The molecule has 0 aliphatic carbocycles. The Balaban J connectivity index is 1.97. The lowest BCUT2D eigenvalue weighted by Gasteiger charge is -2.29. The van der Waals surface area contributed by atoms with E-state index in [1.807, 2.05) is 0 Å². The van der Waals surface area contributed by atoms with Crippen molar-refractivity contribution >= 4 is 17.1 Å². The minimum atomic E-state index is -5.00. The minimum absolute atomic E-state index is 0.0363. The number of likely N-dealkylation sites (tertiary alicyclic amines) is 1. The molecule has 37 heavy (non-hydrogen) atoms. The first-order chi connectivity index (χ1) is 17.0. The average Bonchev–Trinajstić information content (AvgIpc) is 3.20. The highest BCUT2D eigenvalue weighted by Crippen LogP contribution is 2.37. The van der Waals surface area contributed by atoms with Crippen LogP contribution >= 0.6 is 0 Å². The summed E-state index contributed by atoms with van der Waals surface area (Å²) in [5.74, 6) is -5.06. The Morgan fingerprint density at radius 2 is 1.86 bits per heavy atom. The zero-order valence-corrected chi connectivity index (χ0v) is 20.4. The van der Waals surface area contributed by atoms with Crippen molar-refractivity contribution in [1.29, 1.82) is 0 Å². The van der Waals surface area contributed by atoms with Crippen LogP contribution in [0.25, 0.3) is 11.0 Å². The molecule has 3 rings (SSSR count). The number of ether oxygens (including phenoxy) is 4. The van der Waals surface area contributed by atoms with Gasteiger partial charge in [0, 0.05) is 19.6 Å². The van der Waals surface area contributed by atoms with Crippen molar-refractivity contribution in [3.05, 3.63) is 36.5 Å². The molecule has 1 amide bonds. The first-order valence-electron chi connectivity index (χ1n) is 11.0. The largest absolute Gasteiger partial charge is 0.573 e. The number of benzene rings is 1. The summed E-state index contributed by atoms with van der Waals surface area (Å²) in [7, 11) is 1.22. The molecule has 0 radical (unpaired) electrons. The molecule has 1 aliphatic heterocycles. The summed E-state index contributed by atoms with van der Waals surface area (Å²) in [6.07, 6.45) is -7.90. The van der Waals surface area contributed by atoms with Gasteiger partial charge in [0.1, 0.15) is 17.5 Å². The van der Waals surface area contributed by atoms with E-state index in [9.17, 15) is 31.9 Å². The molecule has 14 heteroatoms. The van der Waals surface area contributed by atoms with Crippen molar-refractivity contribution in [2.75, 3.05) is 13.7 Å². The van der Waals surface area contributed by atoms with Gasteiger partial charge in [0.25, 0.3) is 0 Å². The van der Waals surface area contributed by atoms with Crippen molar-refractivity contribution in [3.63, 3.8) is 0 Å². The maximum absolute atomic E-state index is 14.7. The molecule has 0 bridgehead atoms. The number of nitrogens with zero attached hydrogens (tertiary/aromatic N) is 3. The number of hydrogen-bond donors (Lipinski definition) is 1. The molecule has 2 aromatic rings. The van der Waals surface area contributed by atoms with Crippen LogP contribution in [0.2, 0.25) is 0 Å². The number of aromatic nitrogens is 2. The summed E-state index contributed by atoms with van der Waals surface area (Å²) in [5.41, 5.74) is -2.21. The van der Waals surface area contributed by atoms with Gasteiger partial charge in [0.2, 0.25) is 5.88 Å². The lowest BCUT2D eigenvalue weighted by Crippen LogP contribution is -2.45. The van der Waals surface area contributed by atoms with Gasteiger partial charge < -0.3 is 24.1 Å². The van der Waals surface area contributed by atoms with Crippen molar-refractivity contribution in [2.24, 2.45) is 0 Å². The SMILES string of the molecule is C=CC(F)(F)c1nc2cc(OC(F)(F)F)ccc2nc1O[C@@H]1C[C@@H](C(O)OC)N(C(=O)OC(C)(C)C)C1. The van der Waals surface area contributed by atoms with Gasteiger partial charge in [0.05, 0.1) is 23.6 Å². The zero-order valence-electron chi connectivity index (χ0n) is 20.4. The van der Waals surface area contributed by atoms with Gasteiger partial charge in [-0.25, -0.2) is 14.8 Å². The number of aliphatic hydroxyl groups excluding tert-OH is 1. The Labute approximate surface area is 208 Å².